The summed E-state index contributed by atoms with van der Waals surface area (Å²) >= 11 is 6.30. The van der Waals surface area contributed by atoms with Gasteiger partial charge in [0.15, 0.2) is 11.6 Å². The SMILES string of the molecule is Cc1cc2c(Br)c(F)c(F)c(Br)c2n1COCC[Si](C)(C)C. The van der Waals surface area contributed by atoms with Gasteiger partial charge in [-0.2, -0.15) is 0 Å². The summed E-state index contributed by atoms with van der Waals surface area (Å²) in [4.78, 5) is 0. The van der Waals surface area contributed by atoms with Crippen molar-refractivity contribution in [1.82, 2.24) is 4.57 Å². The molecular formula is C15H19Br2F2NOSi. The number of halogens is 4. The fraction of sp³-hybridized carbons (Fsp3) is 0.467. The van der Waals surface area contributed by atoms with Crippen LogP contribution in [0.15, 0.2) is 15.0 Å². The highest BCUT2D eigenvalue weighted by Crippen LogP contribution is 2.37. The smallest absolute Gasteiger partial charge is 0.176 e. The summed E-state index contributed by atoms with van der Waals surface area (Å²) in [5, 5.41) is 0.636. The number of hydrogen-bond acceptors (Lipinski definition) is 1. The molecule has 1 heterocycles. The quantitative estimate of drug-likeness (QED) is 0.231. The van der Waals surface area contributed by atoms with Crippen LogP contribution >= 0.6 is 31.9 Å². The van der Waals surface area contributed by atoms with Crippen LogP contribution in [-0.4, -0.2) is 19.2 Å². The second kappa shape index (κ2) is 6.71. The van der Waals surface area contributed by atoms with Crippen LogP contribution in [-0.2, 0) is 11.5 Å². The maximum absolute atomic E-state index is 14.0. The Morgan fingerprint density at radius 2 is 1.73 bits per heavy atom. The molecule has 2 aromatic rings. The Bertz CT molecular complexity index is 710. The third-order valence-corrected chi connectivity index (χ3v) is 6.75. The molecule has 0 aliphatic heterocycles. The minimum absolute atomic E-state index is 0.130. The Labute approximate surface area is 147 Å². The third kappa shape index (κ3) is 3.63. The number of aromatic nitrogens is 1. The number of aryl methyl sites for hydroxylation is 1. The summed E-state index contributed by atoms with van der Waals surface area (Å²) in [6.45, 7) is 9.78. The number of hydrogen-bond donors (Lipinski definition) is 0. The summed E-state index contributed by atoms with van der Waals surface area (Å²) < 4.78 is 35.7. The maximum atomic E-state index is 14.0. The van der Waals surface area contributed by atoms with Gasteiger partial charge in [-0.1, -0.05) is 19.6 Å². The number of ether oxygens (including phenoxy) is 1. The predicted molar refractivity (Wildman–Crippen MR) is 96.1 cm³/mol. The molecule has 0 saturated carbocycles. The van der Waals surface area contributed by atoms with Crippen LogP contribution in [0.25, 0.3) is 10.9 Å². The zero-order valence-corrected chi connectivity index (χ0v) is 17.2. The highest BCUT2D eigenvalue weighted by atomic mass is 79.9. The zero-order valence-electron chi connectivity index (χ0n) is 13.1. The normalized spacial score (nSPS) is 12.4. The number of nitrogens with zero attached hydrogens (tertiary/aromatic N) is 1. The molecule has 122 valence electrons. The van der Waals surface area contributed by atoms with E-state index in [1.807, 2.05) is 17.6 Å². The fourth-order valence-electron chi connectivity index (χ4n) is 2.20. The topological polar surface area (TPSA) is 14.2 Å². The molecule has 0 saturated heterocycles. The molecule has 1 aromatic heterocycles. The average Bonchev–Trinajstić information content (AvgIpc) is 2.75. The minimum Gasteiger partial charge on any atom is -0.361 e. The summed E-state index contributed by atoms with van der Waals surface area (Å²) in [6.07, 6.45) is 0. The van der Waals surface area contributed by atoms with Gasteiger partial charge in [0, 0.05) is 25.8 Å². The zero-order chi connectivity index (χ0) is 16.7. The Morgan fingerprint density at radius 3 is 2.32 bits per heavy atom. The van der Waals surface area contributed by atoms with E-state index in [1.54, 1.807) is 0 Å². The molecule has 0 bridgehead atoms. The first-order valence-electron chi connectivity index (χ1n) is 7.03. The van der Waals surface area contributed by atoms with Crippen molar-refractivity contribution in [2.24, 2.45) is 0 Å². The van der Waals surface area contributed by atoms with Crippen LogP contribution in [0.4, 0.5) is 8.78 Å². The van der Waals surface area contributed by atoms with Gasteiger partial charge in [0.1, 0.15) is 6.73 Å². The van der Waals surface area contributed by atoms with Crippen LogP contribution in [0.2, 0.25) is 25.7 Å². The maximum Gasteiger partial charge on any atom is 0.176 e. The lowest BCUT2D eigenvalue weighted by Crippen LogP contribution is -2.22. The van der Waals surface area contributed by atoms with Crippen LogP contribution < -0.4 is 0 Å². The van der Waals surface area contributed by atoms with Crippen LogP contribution in [0.3, 0.4) is 0 Å². The first-order valence-corrected chi connectivity index (χ1v) is 12.3. The minimum atomic E-state index is -1.14. The number of rotatable bonds is 5. The molecule has 7 heteroatoms. The molecule has 22 heavy (non-hydrogen) atoms. The summed E-state index contributed by atoms with van der Waals surface area (Å²) in [5.41, 5.74) is 1.51. The van der Waals surface area contributed by atoms with Crippen LogP contribution in [0, 0.1) is 18.6 Å². The van der Waals surface area contributed by atoms with Gasteiger partial charge in [-0.25, -0.2) is 8.78 Å². The van der Waals surface area contributed by atoms with E-state index in [-0.39, 0.29) is 8.95 Å². The van der Waals surface area contributed by atoms with Crippen molar-refractivity contribution in [3.63, 3.8) is 0 Å². The van der Waals surface area contributed by atoms with E-state index < -0.39 is 19.7 Å². The lowest BCUT2D eigenvalue weighted by atomic mass is 10.2. The van der Waals surface area contributed by atoms with E-state index in [9.17, 15) is 8.78 Å². The molecule has 2 nitrogen and oxygen atoms in total. The first-order chi connectivity index (χ1) is 10.1. The van der Waals surface area contributed by atoms with Crippen LogP contribution in [0.5, 0.6) is 0 Å². The third-order valence-electron chi connectivity index (χ3n) is 3.54. The van der Waals surface area contributed by atoms with Crippen molar-refractivity contribution in [2.45, 2.75) is 39.3 Å². The molecule has 0 radical (unpaired) electrons. The van der Waals surface area contributed by atoms with E-state index in [1.165, 1.54) is 0 Å². The van der Waals surface area contributed by atoms with Crippen molar-refractivity contribution in [1.29, 1.82) is 0 Å². The second-order valence-electron chi connectivity index (χ2n) is 6.58. The van der Waals surface area contributed by atoms with Gasteiger partial charge >= 0.3 is 0 Å². The molecule has 0 atom stereocenters. The van der Waals surface area contributed by atoms with Crippen molar-refractivity contribution in [3.8, 4) is 0 Å². The fourth-order valence-corrected chi connectivity index (χ4v) is 4.03. The Hall–Kier alpha value is -0.243. The molecule has 0 spiro atoms. The van der Waals surface area contributed by atoms with Gasteiger partial charge in [0.05, 0.1) is 14.5 Å². The van der Waals surface area contributed by atoms with Gasteiger partial charge in [-0.3, -0.25) is 0 Å². The summed E-state index contributed by atoms with van der Waals surface area (Å²) in [7, 11) is -1.14. The Balaban J connectivity index is 2.33. The molecule has 1 aromatic carbocycles. The molecule has 0 fully saturated rings. The van der Waals surface area contributed by atoms with Crippen molar-refractivity contribution in [2.75, 3.05) is 6.61 Å². The van der Waals surface area contributed by atoms with E-state index in [0.29, 0.717) is 24.2 Å². The van der Waals surface area contributed by atoms with Crippen molar-refractivity contribution >= 4 is 50.8 Å². The van der Waals surface area contributed by atoms with E-state index in [4.69, 9.17) is 4.74 Å². The van der Waals surface area contributed by atoms with Crippen LogP contribution in [0.1, 0.15) is 5.69 Å². The van der Waals surface area contributed by atoms with Gasteiger partial charge < -0.3 is 9.30 Å². The standard InChI is InChI=1S/C15H19Br2F2NOSi/c1-9-7-10-11(16)13(18)14(19)12(17)15(10)20(9)8-21-5-6-22(2,3)4/h7H,5-6,8H2,1-4H3. The Kier molecular flexibility index (Phi) is 5.52. The van der Waals surface area contributed by atoms with Gasteiger partial charge in [-0.05, 0) is 50.9 Å². The van der Waals surface area contributed by atoms with Crippen molar-refractivity contribution in [3.05, 3.63) is 32.3 Å². The average molecular weight is 455 g/mol. The molecule has 0 aliphatic carbocycles. The predicted octanol–water partition coefficient (Wildman–Crippen LogP) is 6.07. The molecule has 0 N–H and O–H groups in total. The molecule has 0 amide bonds. The number of fused-ring (bicyclic) bond motifs is 1. The number of benzene rings is 1. The lowest BCUT2D eigenvalue weighted by molar-refractivity contribution is 0.0889. The van der Waals surface area contributed by atoms with E-state index in [0.717, 1.165) is 11.7 Å². The van der Waals surface area contributed by atoms with Gasteiger partial charge in [0.2, 0.25) is 0 Å². The summed E-state index contributed by atoms with van der Waals surface area (Å²) in [6, 6.07) is 2.90. The largest absolute Gasteiger partial charge is 0.361 e. The second-order valence-corrected chi connectivity index (χ2v) is 13.8. The van der Waals surface area contributed by atoms with E-state index in [2.05, 4.69) is 51.5 Å². The first kappa shape index (κ1) is 18.1. The molecule has 2 rings (SSSR count). The van der Waals surface area contributed by atoms with Crippen molar-refractivity contribution < 1.29 is 13.5 Å². The monoisotopic (exact) mass is 453 g/mol. The van der Waals surface area contributed by atoms with E-state index >= 15 is 0 Å². The highest BCUT2D eigenvalue weighted by molar-refractivity contribution is 9.11. The summed E-state index contributed by atoms with van der Waals surface area (Å²) in [5.74, 6) is -1.77. The molecule has 0 unspecified atom stereocenters. The highest BCUT2D eigenvalue weighted by Gasteiger charge is 2.21. The molecule has 0 aliphatic rings. The molecular weight excluding hydrogens is 436 g/mol. The van der Waals surface area contributed by atoms with Gasteiger partial charge in [0.25, 0.3) is 0 Å². The van der Waals surface area contributed by atoms with Gasteiger partial charge in [-0.15, -0.1) is 0 Å². The lowest BCUT2D eigenvalue weighted by Gasteiger charge is -2.16. The Morgan fingerprint density at radius 1 is 1.14 bits per heavy atom.